The summed E-state index contributed by atoms with van der Waals surface area (Å²) in [6.45, 7) is 0.918. The summed E-state index contributed by atoms with van der Waals surface area (Å²) in [5.41, 5.74) is 5.06. The maximum absolute atomic E-state index is 12.3. The van der Waals surface area contributed by atoms with E-state index < -0.39 is 24.2 Å². The molecule has 0 spiro atoms. The summed E-state index contributed by atoms with van der Waals surface area (Å²) in [5.74, 6) is -1.96. The molecule has 9 heteroatoms. The van der Waals surface area contributed by atoms with Crippen molar-refractivity contribution in [3.05, 3.63) is 0 Å². The molecule has 0 aromatic heterocycles. The molecule has 2 rings (SSSR count). The number of fused-ring (bicyclic) bond motifs is 1. The predicted molar refractivity (Wildman–Crippen MR) is 65.7 cm³/mol. The molecule has 1 saturated heterocycles. The zero-order valence-electron chi connectivity index (χ0n) is 11.6. The second-order valence-electron chi connectivity index (χ2n) is 5.60. The third-order valence-corrected chi connectivity index (χ3v) is 4.31. The number of likely N-dealkylation sites (tertiary alicyclic amines) is 1. The van der Waals surface area contributed by atoms with Crippen molar-refractivity contribution in [1.82, 2.24) is 9.96 Å². The number of nitrogens with two attached hydrogens (primary N) is 1. The molecule has 0 radical (unpaired) electrons. The molecular weight excluding hydrogens is 291 g/mol. The molecule has 21 heavy (non-hydrogen) atoms. The molecule has 1 heterocycles. The van der Waals surface area contributed by atoms with Gasteiger partial charge < -0.3 is 15.5 Å². The van der Waals surface area contributed by atoms with Crippen molar-refractivity contribution in [2.45, 2.75) is 43.9 Å². The van der Waals surface area contributed by atoms with Crippen molar-refractivity contribution >= 4 is 12.0 Å². The number of hydrogen-bond donors (Lipinski definition) is 1. The molecule has 1 saturated carbocycles. The maximum atomic E-state index is 12.3. The topological polar surface area (TPSA) is 75.9 Å². The van der Waals surface area contributed by atoms with E-state index in [1.807, 2.05) is 7.05 Å². The number of alkyl halides is 3. The first-order chi connectivity index (χ1) is 9.70. The zero-order valence-corrected chi connectivity index (χ0v) is 11.6. The highest BCUT2D eigenvalue weighted by molar-refractivity contribution is 5.78. The van der Waals surface area contributed by atoms with Crippen LogP contribution in [0.4, 0.5) is 18.0 Å². The van der Waals surface area contributed by atoms with Crippen LogP contribution >= 0.6 is 0 Å². The third-order valence-electron chi connectivity index (χ3n) is 4.31. The summed E-state index contributed by atoms with van der Waals surface area (Å²) in [4.78, 5) is 28.5. The Hall–Kier alpha value is -1.51. The molecule has 0 aromatic carbocycles. The summed E-state index contributed by atoms with van der Waals surface area (Å²) < 4.78 is 36.8. The molecule has 2 fully saturated rings. The second kappa shape index (κ2) is 5.70. The Morgan fingerprint density at radius 3 is 2.52 bits per heavy atom. The van der Waals surface area contributed by atoms with Crippen LogP contribution in [0.5, 0.6) is 0 Å². The summed E-state index contributed by atoms with van der Waals surface area (Å²) >= 11 is 0. The SMILES string of the molecule is CN1CCC2CCC(N(OC(=O)C(F)(F)F)C(N)=O)CC21. The lowest BCUT2D eigenvalue weighted by Gasteiger charge is -2.38. The number of primary amides is 1. The first kappa shape index (κ1) is 15.9. The van der Waals surface area contributed by atoms with Crippen molar-refractivity contribution in [3.8, 4) is 0 Å². The normalized spacial score (nSPS) is 29.8. The molecule has 2 amide bonds. The van der Waals surface area contributed by atoms with Gasteiger partial charge in [-0.1, -0.05) is 0 Å². The van der Waals surface area contributed by atoms with Gasteiger partial charge in [0.05, 0.1) is 6.04 Å². The lowest BCUT2D eigenvalue weighted by atomic mass is 9.82. The number of hydrogen-bond acceptors (Lipinski definition) is 4. The fraction of sp³-hybridized carbons (Fsp3) is 0.833. The van der Waals surface area contributed by atoms with Gasteiger partial charge in [0.15, 0.2) is 0 Å². The lowest BCUT2D eigenvalue weighted by molar-refractivity contribution is -0.235. The molecule has 3 atom stereocenters. The summed E-state index contributed by atoms with van der Waals surface area (Å²) in [5, 5.41) is 0.387. The van der Waals surface area contributed by atoms with Crippen LogP contribution in [0.3, 0.4) is 0 Å². The number of carbonyl (C=O) groups excluding carboxylic acids is 2. The van der Waals surface area contributed by atoms with E-state index >= 15 is 0 Å². The smallest absolute Gasteiger partial charge is 0.349 e. The number of carbonyl (C=O) groups is 2. The average Bonchev–Trinajstić information content (AvgIpc) is 2.75. The minimum absolute atomic E-state index is 0.176. The number of amides is 2. The molecule has 0 bridgehead atoms. The minimum atomic E-state index is -5.16. The summed E-state index contributed by atoms with van der Waals surface area (Å²) in [7, 11) is 1.93. The Kier molecular flexibility index (Phi) is 4.31. The number of nitrogens with zero attached hydrogens (tertiary/aromatic N) is 2. The fourth-order valence-electron chi connectivity index (χ4n) is 3.25. The Morgan fingerprint density at radius 2 is 1.95 bits per heavy atom. The van der Waals surface area contributed by atoms with Gasteiger partial charge in [0.2, 0.25) is 0 Å². The van der Waals surface area contributed by atoms with Gasteiger partial charge in [-0.3, -0.25) is 0 Å². The van der Waals surface area contributed by atoms with Crippen molar-refractivity contribution in [2.75, 3.05) is 13.6 Å². The van der Waals surface area contributed by atoms with Crippen molar-refractivity contribution in [1.29, 1.82) is 0 Å². The van der Waals surface area contributed by atoms with Crippen LogP contribution < -0.4 is 5.73 Å². The van der Waals surface area contributed by atoms with E-state index in [9.17, 15) is 22.8 Å². The van der Waals surface area contributed by atoms with Crippen LogP contribution in [0, 0.1) is 5.92 Å². The largest absolute Gasteiger partial charge is 0.493 e. The van der Waals surface area contributed by atoms with E-state index in [-0.39, 0.29) is 6.04 Å². The van der Waals surface area contributed by atoms with Crippen LogP contribution in [0.1, 0.15) is 25.7 Å². The average molecular weight is 309 g/mol. The molecule has 6 nitrogen and oxygen atoms in total. The maximum Gasteiger partial charge on any atom is 0.493 e. The first-order valence-electron chi connectivity index (χ1n) is 6.78. The number of urea groups is 1. The van der Waals surface area contributed by atoms with Gasteiger partial charge in [0.25, 0.3) is 0 Å². The van der Waals surface area contributed by atoms with Gasteiger partial charge >= 0.3 is 18.2 Å². The van der Waals surface area contributed by atoms with Crippen molar-refractivity contribution < 1.29 is 27.6 Å². The van der Waals surface area contributed by atoms with Gasteiger partial charge in [-0.05, 0) is 45.2 Å². The second-order valence-corrected chi connectivity index (χ2v) is 5.60. The molecule has 1 aliphatic carbocycles. The van der Waals surface area contributed by atoms with Crippen molar-refractivity contribution in [2.24, 2.45) is 11.7 Å². The Morgan fingerprint density at radius 1 is 1.29 bits per heavy atom. The number of halogens is 3. The minimum Gasteiger partial charge on any atom is -0.349 e. The quantitative estimate of drug-likeness (QED) is 0.740. The first-order valence-corrected chi connectivity index (χ1v) is 6.78. The summed E-state index contributed by atoms with van der Waals surface area (Å²) in [6, 6.07) is -1.62. The highest BCUT2D eigenvalue weighted by Crippen LogP contribution is 2.37. The van der Waals surface area contributed by atoms with Crippen molar-refractivity contribution in [3.63, 3.8) is 0 Å². The highest BCUT2D eigenvalue weighted by Gasteiger charge is 2.46. The van der Waals surface area contributed by atoms with Crippen LogP contribution in [0.15, 0.2) is 0 Å². The molecule has 120 valence electrons. The van der Waals surface area contributed by atoms with E-state index in [4.69, 9.17) is 5.73 Å². The van der Waals surface area contributed by atoms with Crippen LogP contribution in [-0.2, 0) is 9.63 Å². The number of hydroxylamine groups is 2. The molecule has 2 aliphatic rings. The van der Waals surface area contributed by atoms with Crippen LogP contribution in [0.25, 0.3) is 0 Å². The summed E-state index contributed by atoms with van der Waals surface area (Å²) in [6.07, 6.45) is -2.42. The van der Waals surface area contributed by atoms with E-state index in [1.165, 1.54) is 0 Å². The Balaban J connectivity index is 2.05. The van der Waals surface area contributed by atoms with Gasteiger partial charge in [0, 0.05) is 6.04 Å². The molecule has 1 aliphatic heterocycles. The van der Waals surface area contributed by atoms with Gasteiger partial charge in [-0.2, -0.15) is 18.2 Å². The third kappa shape index (κ3) is 3.39. The van der Waals surface area contributed by atoms with Gasteiger partial charge in [0.1, 0.15) is 0 Å². The Labute approximate surface area is 119 Å². The Bertz CT molecular complexity index is 430. The monoisotopic (exact) mass is 309 g/mol. The predicted octanol–water partition coefficient (Wildman–Crippen LogP) is 1.26. The zero-order chi connectivity index (χ0) is 15.8. The van der Waals surface area contributed by atoms with Gasteiger partial charge in [-0.15, -0.1) is 0 Å². The van der Waals surface area contributed by atoms with Gasteiger partial charge in [-0.25, -0.2) is 9.59 Å². The van der Waals surface area contributed by atoms with E-state index in [0.717, 1.165) is 19.4 Å². The van der Waals surface area contributed by atoms with Crippen LogP contribution in [-0.4, -0.2) is 53.8 Å². The molecule has 2 N–H and O–H groups in total. The lowest BCUT2D eigenvalue weighted by Crippen LogP contribution is -2.51. The number of rotatable bonds is 1. The van der Waals surface area contributed by atoms with Crippen LogP contribution in [0.2, 0.25) is 0 Å². The fourth-order valence-corrected chi connectivity index (χ4v) is 3.25. The molecule has 3 unspecified atom stereocenters. The van der Waals surface area contributed by atoms with E-state index in [1.54, 1.807) is 0 Å². The van der Waals surface area contributed by atoms with E-state index in [0.29, 0.717) is 23.8 Å². The standard InChI is InChI=1S/C12H18F3N3O3/c1-17-5-4-7-2-3-8(6-9(7)17)18(11(16)20)21-10(19)12(13,14)15/h7-9H,2-6H2,1H3,(H2,16,20). The van der Waals surface area contributed by atoms with E-state index in [2.05, 4.69) is 9.74 Å². The molecular formula is C12H18F3N3O3. The highest BCUT2D eigenvalue weighted by atomic mass is 19.4. The molecule has 0 aromatic rings.